The van der Waals surface area contributed by atoms with E-state index in [1.807, 2.05) is 6.92 Å². The molecule has 1 heterocycles. The first-order chi connectivity index (χ1) is 8.59. The summed E-state index contributed by atoms with van der Waals surface area (Å²) >= 11 is 0. The molecular weight excluding hydrogens is 236 g/mol. The summed E-state index contributed by atoms with van der Waals surface area (Å²) < 4.78 is 6.08. The van der Waals surface area contributed by atoms with Crippen LogP contribution in [0.15, 0.2) is 0 Å². The van der Waals surface area contributed by atoms with Crippen molar-refractivity contribution in [2.24, 2.45) is 22.7 Å². The minimum absolute atomic E-state index is 0.109. The average molecular weight is 266 g/mol. The molecule has 3 rings (SSSR count). The van der Waals surface area contributed by atoms with Gasteiger partial charge >= 0.3 is 0 Å². The highest BCUT2D eigenvalue weighted by molar-refractivity contribution is 5.11. The monoisotopic (exact) mass is 266 g/mol. The molecule has 0 unspecified atom stereocenters. The van der Waals surface area contributed by atoms with Crippen molar-refractivity contribution in [2.45, 2.75) is 84.5 Å². The molecule has 110 valence electrons. The van der Waals surface area contributed by atoms with Gasteiger partial charge in [0.1, 0.15) is 0 Å². The third-order valence-electron chi connectivity index (χ3n) is 6.77. The van der Waals surface area contributed by atoms with Crippen molar-refractivity contribution < 1.29 is 9.84 Å². The minimum Gasteiger partial charge on any atom is -0.366 e. The predicted molar refractivity (Wildman–Crippen MR) is 76.7 cm³/mol. The minimum atomic E-state index is -0.918. The maximum Gasteiger partial charge on any atom is 0.163 e. The van der Waals surface area contributed by atoms with Crippen molar-refractivity contribution in [1.29, 1.82) is 0 Å². The highest BCUT2D eigenvalue weighted by atomic mass is 16.6. The summed E-state index contributed by atoms with van der Waals surface area (Å²) in [6.45, 7) is 11.5. The molecule has 0 aromatic heterocycles. The zero-order valence-electron chi connectivity index (χ0n) is 13.3. The lowest BCUT2D eigenvalue weighted by atomic mass is 9.45. The number of hydrogen-bond acceptors (Lipinski definition) is 2. The van der Waals surface area contributed by atoms with Gasteiger partial charge in [0.25, 0.3) is 0 Å². The summed E-state index contributed by atoms with van der Waals surface area (Å²) in [5, 5.41) is 10.4. The average Bonchev–Trinajstić information content (AvgIpc) is 2.47. The highest BCUT2D eigenvalue weighted by Gasteiger charge is 2.64. The van der Waals surface area contributed by atoms with Crippen molar-refractivity contribution in [3.8, 4) is 0 Å². The van der Waals surface area contributed by atoms with E-state index in [9.17, 15) is 5.11 Å². The second-order valence-electron chi connectivity index (χ2n) is 8.79. The van der Waals surface area contributed by atoms with Gasteiger partial charge in [0.05, 0.1) is 5.60 Å². The number of rotatable bonds is 0. The molecule has 1 aliphatic heterocycles. The van der Waals surface area contributed by atoms with Gasteiger partial charge in [-0.25, -0.2) is 0 Å². The van der Waals surface area contributed by atoms with Crippen LogP contribution in [0.3, 0.4) is 0 Å². The molecule has 0 spiro atoms. The van der Waals surface area contributed by atoms with Crippen LogP contribution in [-0.2, 0) is 4.74 Å². The van der Waals surface area contributed by atoms with Crippen molar-refractivity contribution in [3.05, 3.63) is 0 Å². The van der Waals surface area contributed by atoms with E-state index in [4.69, 9.17) is 4.74 Å². The molecule has 0 aromatic rings. The van der Waals surface area contributed by atoms with Gasteiger partial charge in [-0.05, 0) is 62.2 Å². The second-order valence-corrected chi connectivity index (χ2v) is 8.79. The third kappa shape index (κ3) is 1.90. The number of fused-ring (bicyclic) bond motifs is 3. The first-order valence-corrected chi connectivity index (χ1v) is 8.02. The Morgan fingerprint density at radius 3 is 2.32 bits per heavy atom. The van der Waals surface area contributed by atoms with Crippen LogP contribution >= 0.6 is 0 Å². The van der Waals surface area contributed by atoms with Crippen molar-refractivity contribution in [3.63, 3.8) is 0 Å². The summed E-state index contributed by atoms with van der Waals surface area (Å²) in [4.78, 5) is 0. The van der Waals surface area contributed by atoms with Gasteiger partial charge in [0, 0.05) is 6.42 Å². The van der Waals surface area contributed by atoms with Crippen LogP contribution < -0.4 is 0 Å². The van der Waals surface area contributed by atoms with Crippen LogP contribution in [0.5, 0.6) is 0 Å². The summed E-state index contributed by atoms with van der Waals surface area (Å²) in [7, 11) is 0. The molecule has 1 N–H and O–H groups in total. The molecule has 2 heteroatoms. The van der Waals surface area contributed by atoms with E-state index in [2.05, 4.69) is 27.7 Å². The van der Waals surface area contributed by atoms with Gasteiger partial charge in [-0.3, -0.25) is 0 Å². The Bertz CT molecular complexity index is 387. The van der Waals surface area contributed by atoms with Gasteiger partial charge in [-0.1, -0.05) is 27.2 Å². The second kappa shape index (κ2) is 3.76. The molecule has 3 aliphatic rings. The summed E-state index contributed by atoms with van der Waals surface area (Å²) in [5.41, 5.74) is 0.681. The van der Waals surface area contributed by atoms with Crippen molar-refractivity contribution >= 4 is 0 Å². The van der Waals surface area contributed by atoms with Gasteiger partial charge in [-0.2, -0.15) is 0 Å². The molecule has 0 bridgehead atoms. The van der Waals surface area contributed by atoms with Crippen LogP contribution in [0.4, 0.5) is 0 Å². The number of hydrogen-bond donors (Lipinski definition) is 1. The van der Waals surface area contributed by atoms with E-state index in [-0.39, 0.29) is 5.60 Å². The van der Waals surface area contributed by atoms with Gasteiger partial charge in [0.15, 0.2) is 5.79 Å². The third-order valence-corrected chi connectivity index (χ3v) is 6.77. The van der Waals surface area contributed by atoms with E-state index in [0.717, 1.165) is 18.8 Å². The highest BCUT2D eigenvalue weighted by Crippen LogP contribution is 2.66. The molecule has 2 nitrogen and oxygen atoms in total. The molecule has 5 atom stereocenters. The summed E-state index contributed by atoms with van der Waals surface area (Å²) in [6, 6.07) is 0. The molecule has 0 aromatic carbocycles. The molecule has 0 radical (unpaired) electrons. The zero-order chi connectivity index (χ0) is 14.1. The maximum absolute atomic E-state index is 10.4. The number of aliphatic hydroxyl groups is 1. The van der Waals surface area contributed by atoms with Crippen LogP contribution in [0.1, 0.15) is 73.1 Å². The van der Waals surface area contributed by atoms with Crippen LogP contribution in [-0.4, -0.2) is 16.5 Å². The summed E-state index contributed by atoms with van der Waals surface area (Å²) in [5.74, 6) is 0.372. The number of ether oxygens (including phenoxy) is 1. The molecule has 2 aliphatic carbocycles. The normalized spacial score (nSPS) is 56.5. The van der Waals surface area contributed by atoms with E-state index in [0.29, 0.717) is 16.7 Å². The lowest BCUT2D eigenvalue weighted by molar-refractivity contribution is -0.226. The first kappa shape index (κ1) is 13.9. The van der Waals surface area contributed by atoms with Crippen LogP contribution in [0, 0.1) is 22.7 Å². The Morgan fingerprint density at radius 1 is 0.947 bits per heavy atom. The Balaban J connectivity index is 1.99. The van der Waals surface area contributed by atoms with Crippen LogP contribution in [0.2, 0.25) is 0 Å². The quantitative estimate of drug-likeness (QED) is 0.715. The van der Waals surface area contributed by atoms with Crippen molar-refractivity contribution in [1.82, 2.24) is 0 Å². The molecule has 1 saturated heterocycles. The lowest BCUT2D eigenvalue weighted by Crippen LogP contribution is -2.55. The van der Waals surface area contributed by atoms with E-state index in [1.165, 1.54) is 25.7 Å². The molecule has 0 amide bonds. The Kier molecular flexibility index (Phi) is 2.75. The largest absolute Gasteiger partial charge is 0.366 e. The maximum atomic E-state index is 10.4. The van der Waals surface area contributed by atoms with Gasteiger partial charge in [0.2, 0.25) is 0 Å². The lowest BCUT2D eigenvalue weighted by Gasteiger charge is -2.60. The SMILES string of the molecule is CC1(C)CCC[C@]2(C)[C@H]3C[C@@](C)(O)O[C@]3(C)CC[C@@H]12. The zero-order valence-corrected chi connectivity index (χ0v) is 13.3. The fraction of sp³-hybridized carbons (Fsp3) is 1.00. The fourth-order valence-corrected chi connectivity index (χ4v) is 6.10. The molecule has 2 saturated carbocycles. The Morgan fingerprint density at radius 2 is 1.63 bits per heavy atom. The van der Waals surface area contributed by atoms with Crippen LogP contribution in [0.25, 0.3) is 0 Å². The van der Waals surface area contributed by atoms with E-state index < -0.39 is 5.79 Å². The smallest absolute Gasteiger partial charge is 0.163 e. The fourth-order valence-electron chi connectivity index (χ4n) is 6.10. The Labute approximate surface area is 117 Å². The summed E-state index contributed by atoms with van der Waals surface area (Å²) in [6.07, 6.45) is 7.17. The first-order valence-electron chi connectivity index (χ1n) is 8.02. The molecule has 3 fully saturated rings. The molecular formula is C17H30O2. The van der Waals surface area contributed by atoms with Gasteiger partial charge < -0.3 is 9.84 Å². The topological polar surface area (TPSA) is 29.5 Å². The Hall–Kier alpha value is -0.0800. The molecule has 19 heavy (non-hydrogen) atoms. The predicted octanol–water partition coefficient (Wildman–Crippen LogP) is 4.12. The van der Waals surface area contributed by atoms with Crippen molar-refractivity contribution in [2.75, 3.05) is 0 Å². The van der Waals surface area contributed by atoms with Gasteiger partial charge in [-0.15, -0.1) is 0 Å². The standard InChI is InChI=1S/C17H30O2/c1-14(2)8-6-9-15(3)12(14)7-10-16(4)13(15)11-17(5,18)19-16/h12-13,18H,6-11H2,1-5H3/t12-,13+,15-,16+,17-/m0/s1. The van der Waals surface area contributed by atoms with E-state index in [1.54, 1.807) is 0 Å². The van der Waals surface area contributed by atoms with E-state index >= 15 is 0 Å².